The van der Waals surface area contributed by atoms with Gasteiger partial charge in [0.1, 0.15) is 0 Å². The van der Waals surface area contributed by atoms with E-state index in [1.165, 1.54) is 11.3 Å². The molecule has 0 spiro atoms. The zero-order valence-electron chi connectivity index (χ0n) is 14.5. The summed E-state index contributed by atoms with van der Waals surface area (Å²) in [6.07, 6.45) is 3.16. The first-order valence-electron chi connectivity index (χ1n) is 8.98. The van der Waals surface area contributed by atoms with Crippen LogP contribution in [0.4, 0.5) is 0 Å². The van der Waals surface area contributed by atoms with Crippen LogP contribution in [0.5, 0.6) is 0 Å². The van der Waals surface area contributed by atoms with Crippen LogP contribution in [0, 0.1) is 0 Å². The molecule has 25 heavy (non-hydrogen) atoms. The van der Waals surface area contributed by atoms with E-state index >= 15 is 0 Å². The first-order chi connectivity index (χ1) is 12.1. The van der Waals surface area contributed by atoms with Crippen molar-refractivity contribution in [3.05, 3.63) is 40.5 Å². The molecule has 1 N–H and O–H groups in total. The lowest BCUT2D eigenvalue weighted by atomic mass is 10.00. The first kappa shape index (κ1) is 16.6. The van der Waals surface area contributed by atoms with Crippen molar-refractivity contribution in [1.29, 1.82) is 0 Å². The number of aromatic nitrogens is 2. The third-order valence-electron chi connectivity index (χ3n) is 5.40. The fourth-order valence-corrected chi connectivity index (χ4v) is 3.98. The van der Waals surface area contributed by atoms with Crippen LogP contribution in [0.3, 0.4) is 0 Å². The number of carbonyl (C=O) groups is 1. The second kappa shape index (κ2) is 6.81. The van der Waals surface area contributed by atoms with Gasteiger partial charge >= 0.3 is 0 Å². The molecule has 0 saturated carbocycles. The summed E-state index contributed by atoms with van der Waals surface area (Å²) in [5, 5.41) is 8.42. The molecule has 1 saturated heterocycles. The molecule has 2 aromatic rings. The van der Waals surface area contributed by atoms with E-state index < -0.39 is 0 Å². The molecule has 1 fully saturated rings. The van der Waals surface area contributed by atoms with Crippen LogP contribution >= 0.6 is 11.6 Å². The monoisotopic (exact) mass is 358 g/mol. The molecule has 2 aliphatic heterocycles. The molecule has 1 aromatic heterocycles. The molecular weight excluding hydrogens is 336 g/mol. The van der Waals surface area contributed by atoms with Crippen LogP contribution in [0.15, 0.2) is 24.3 Å². The minimum absolute atomic E-state index is 0.0841. The van der Waals surface area contributed by atoms with Crippen LogP contribution in [-0.2, 0) is 17.8 Å². The van der Waals surface area contributed by atoms with Crippen LogP contribution in [0.1, 0.15) is 31.0 Å². The van der Waals surface area contributed by atoms with Gasteiger partial charge in [0.05, 0.1) is 11.7 Å². The number of likely N-dealkylation sites (tertiary alicyclic amines) is 1. The lowest BCUT2D eigenvalue weighted by Crippen LogP contribution is -2.47. The van der Waals surface area contributed by atoms with Crippen LogP contribution in [-0.4, -0.2) is 51.6 Å². The molecule has 0 bridgehead atoms. The topological polar surface area (TPSA) is 52.2 Å². The van der Waals surface area contributed by atoms with Gasteiger partial charge in [-0.05, 0) is 31.9 Å². The standard InChI is InChI=1S/C19H23ClN4O/c1-13(19(25)23-9-2-3-10-23)24-11-8-17-16(12-24)18(22-21-17)14-4-6-15(20)7-5-14/h4-7,13H,2-3,8-12H2,1H3,(H,21,22)/t13-/m1/s1. The predicted octanol–water partition coefficient (Wildman–Crippen LogP) is 3.10. The van der Waals surface area contributed by atoms with Crippen molar-refractivity contribution in [2.45, 2.75) is 38.8 Å². The third-order valence-corrected chi connectivity index (χ3v) is 5.66. The van der Waals surface area contributed by atoms with E-state index in [9.17, 15) is 4.79 Å². The highest BCUT2D eigenvalue weighted by atomic mass is 35.5. The van der Waals surface area contributed by atoms with E-state index in [0.717, 1.165) is 61.7 Å². The number of nitrogens with zero attached hydrogens (tertiary/aromatic N) is 3. The summed E-state index contributed by atoms with van der Waals surface area (Å²) in [5.41, 5.74) is 4.41. The number of hydrogen-bond donors (Lipinski definition) is 1. The van der Waals surface area contributed by atoms with Crippen LogP contribution < -0.4 is 0 Å². The average molecular weight is 359 g/mol. The van der Waals surface area contributed by atoms with Crippen molar-refractivity contribution >= 4 is 17.5 Å². The van der Waals surface area contributed by atoms with Gasteiger partial charge in [0.15, 0.2) is 0 Å². The Morgan fingerprint density at radius 1 is 1.20 bits per heavy atom. The molecule has 6 heteroatoms. The normalized spacial score (nSPS) is 19.0. The summed E-state index contributed by atoms with van der Waals surface area (Å²) in [6, 6.07) is 7.68. The predicted molar refractivity (Wildman–Crippen MR) is 98.4 cm³/mol. The minimum atomic E-state index is -0.0841. The summed E-state index contributed by atoms with van der Waals surface area (Å²) in [7, 11) is 0. The van der Waals surface area contributed by atoms with Crippen molar-refractivity contribution in [2.24, 2.45) is 0 Å². The molecule has 0 unspecified atom stereocenters. The summed E-state index contributed by atoms with van der Waals surface area (Å²) in [4.78, 5) is 17.0. The Kier molecular flexibility index (Phi) is 4.52. The number of nitrogens with one attached hydrogen (secondary N) is 1. The molecule has 0 radical (unpaired) electrons. The Morgan fingerprint density at radius 3 is 2.64 bits per heavy atom. The van der Waals surface area contributed by atoms with Gasteiger partial charge in [0.25, 0.3) is 0 Å². The molecule has 132 valence electrons. The van der Waals surface area contributed by atoms with E-state index in [1.54, 1.807) is 0 Å². The number of aromatic amines is 1. The number of hydrogen-bond acceptors (Lipinski definition) is 3. The van der Waals surface area contributed by atoms with Crippen LogP contribution in [0.25, 0.3) is 11.3 Å². The highest BCUT2D eigenvalue weighted by Gasteiger charge is 2.31. The zero-order valence-corrected chi connectivity index (χ0v) is 15.2. The third kappa shape index (κ3) is 3.18. The number of rotatable bonds is 3. The molecule has 2 aliphatic rings. The summed E-state index contributed by atoms with van der Waals surface area (Å²) in [6.45, 7) is 5.49. The van der Waals surface area contributed by atoms with Crippen molar-refractivity contribution in [1.82, 2.24) is 20.0 Å². The molecule has 1 atom stereocenters. The van der Waals surface area contributed by atoms with Gasteiger partial charge in [0.2, 0.25) is 5.91 Å². The van der Waals surface area contributed by atoms with Crippen molar-refractivity contribution in [2.75, 3.05) is 19.6 Å². The van der Waals surface area contributed by atoms with E-state index in [0.29, 0.717) is 0 Å². The Hall–Kier alpha value is -1.85. The highest BCUT2D eigenvalue weighted by Crippen LogP contribution is 2.30. The van der Waals surface area contributed by atoms with Gasteiger partial charge in [-0.2, -0.15) is 5.10 Å². The molecule has 1 amide bonds. The number of fused-ring (bicyclic) bond motifs is 1. The lowest BCUT2D eigenvalue weighted by molar-refractivity contribution is -0.135. The Bertz CT molecular complexity index is 764. The molecule has 0 aliphatic carbocycles. The van der Waals surface area contributed by atoms with E-state index in [4.69, 9.17) is 11.6 Å². The smallest absolute Gasteiger partial charge is 0.239 e. The number of carbonyl (C=O) groups excluding carboxylic acids is 1. The molecular formula is C19H23ClN4O. The van der Waals surface area contributed by atoms with Gasteiger partial charge in [-0.25, -0.2) is 0 Å². The fourth-order valence-electron chi connectivity index (χ4n) is 3.85. The number of amides is 1. The fraction of sp³-hybridized carbons (Fsp3) is 0.474. The van der Waals surface area contributed by atoms with Crippen molar-refractivity contribution in [3.63, 3.8) is 0 Å². The summed E-state index contributed by atoms with van der Waals surface area (Å²) in [5.74, 6) is 0.262. The van der Waals surface area contributed by atoms with Gasteiger partial charge in [-0.1, -0.05) is 23.7 Å². The summed E-state index contributed by atoms with van der Waals surface area (Å²) >= 11 is 6.00. The van der Waals surface area contributed by atoms with Crippen molar-refractivity contribution in [3.8, 4) is 11.3 Å². The lowest BCUT2D eigenvalue weighted by Gasteiger charge is -2.33. The largest absolute Gasteiger partial charge is 0.341 e. The highest BCUT2D eigenvalue weighted by molar-refractivity contribution is 6.30. The number of H-pyrrole nitrogens is 1. The Labute approximate surface area is 153 Å². The molecule has 1 aromatic carbocycles. The molecule has 5 nitrogen and oxygen atoms in total. The summed E-state index contributed by atoms with van der Waals surface area (Å²) < 4.78 is 0. The van der Waals surface area contributed by atoms with Crippen LogP contribution in [0.2, 0.25) is 5.02 Å². The zero-order chi connectivity index (χ0) is 17.4. The Morgan fingerprint density at radius 2 is 1.92 bits per heavy atom. The second-order valence-electron chi connectivity index (χ2n) is 6.97. The van der Waals surface area contributed by atoms with E-state index in [2.05, 4.69) is 15.1 Å². The van der Waals surface area contributed by atoms with Gasteiger partial charge in [-0.15, -0.1) is 0 Å². The maximum absolute atomic E-state index is 12.7. The minimum Gasteiger partial charge on any atom is -0.341 e. The maximum atomic E-state index is 12.7. The number of halogens is 1. The second-order valence-corrected chi connectivity index (χ2v) is 7.40. The molecule has 4 rings (SSSR count). The maximum Gasteiger partial charge on any atom is 0.239 e. The van der Waals surface area contributed by atoms with Gasteiger partial charge < -0.3 is 4.90 Å². The molecule has 3 heterocycles. The first-order valence-corrected chi connectivity index (χ1v) is 9.36. The van der Waals surface area contributed by atoms with Gasteiger partial charge in [0, 0.05) is 54.4 Å². The number of benzene rings is 1. The van der Waals surface area contributed by atoms with Gasteiger partial charge in [-0.3, -0.25) is 14.8 Å². The SMILES string of the molecule is C[C@H](C(=O)N1CCCC1)N1CCc2[nH]nc(-c3ccc(Cl)cc3)c2C1. The Balaban J connectivity index is 1.55. The van der Waals surface area contributed by atoms with E-state index in [-0.39, 0.29) is 11.9 Å². The van der Waals surface area contributed by atoms with E-state index in [1.807, 2.05) is 36.1 Å². The van der Waals surface area contributed by atoms with Crippen molar-refractivity contribution < 1.29 is 4.79 Å². The quantitative estimate of drug-likeness (QED) is 0.917. The average Bonchev–Trinajstić information content (AvgIpc) is 3.30.